The van der Waals surface area contributed by atoms with Crippen LogP contribution in [0.3, 0.4) is 0 Å². The van der Waals surface area contributed by atoms with E-state index in [-0.39, 0.29) is 0 Å². The van der Waals surface area contributed by atoms with E-state index < -0.39 is 0 Å². The van der Waals surface area contributed by atoms with Gasteiger partial charge in [-0.15, -0.1) is 0 Å². The van der Waals surface area contributed by atoms with Gasteiger partial charge < -0.3 is 0 Å². The van der Waals surface area contributed by atoms with Crippen molar-refractivity contribution < 1.29 is 0 Å². The SMILES string of the molecule is CC.CC.CC1=C(C)C=CCC=C1. The Morgan fingerprint density at radius 2 is 1.08 bits per heavy atom. The maximum Gasteiger partial charge on any atom is -0.0163 e. The van der Waals surface area contributed by atoms with Crippen molar-refractivity contribution in [3.63, 3.8) is 0 Å². The van der Waals surface area contributed by atoms with Gasteiger partial charge in [0.2, 0.25) is 0 Å². The lowest BCUT2D eigenvalue weighted by Gasteiger charge is -1.92. The molecule has 76 valence electrons. The van der Waals surface area contributed by atoms with E-state index in [0.717, 1.165) is 6.42 Å². The average molecular weight is 180 g/mol. The van der Waals surface area contributed by atoms with Gasteiger partial charge in [0.15, 0.2) is 0 Å². The lowest BCUT2D eigenvalue weighted by Crippen LogP contribution is -1.71. The molecule has 0 N–H and O–H groups in total. The Morgan fingerprint density at radius 1 is 0.769 bits per heavy atom. The van der Waals surface area contributed by atoms with Crippen molar-refractivity contribution in [1.82, 2.24) is 0 Å². The molecular weight excluding hydrogens is 156 g/mol. The summed E-state index contributed by atoms with van der Waals surface area (Å²) in [7, 11) is 0. The summed E-state index contributed by atoms with van der Waals surface area (Å²) in [6, 6.07) is 0. The largest absolute Gasteiger partial charge is 0.0805 e. The quantitative estimate of drug-likeness (QED) is 0.498. The zero-order chi connectivity index (χ0) is 10.7. The van der Waals surface area contributed by atoms with Crippen LogP contribution in [-0.4, -0.2) is 0 Å². The monoisotopic (exact) mass is 180 g/mol. The Balaban J connectivity index is 0. The summed E-state index contributed by atoms with van der Waals surface area (Å²) in [5, 5.41) is 0. The average Bonchev–Trinajstić information content (AvgIpc) is 2.39. The van der Waals surface area contributed by atoms with Gasteiger partial charge in [-0.05, 0) is 31.4 Å². The number of hydrogen-bond acceptors (Lipinski definition) is 0. The highest BCUT2D eigenvalue weighted by molar-refractivity contribution is 5.32. The molecule has 0 aromatic carbocycles. The third-order valence-corrected chi connectivity index (χ3v) is 1.63. The minimum absolute atomic E-state index is 1.08. The Labute approximate surface area is 84.1 Å². The number of rotatable bonds is 0. The molecule has 0 atom stereocenters. The van der Waals surface area contributed by atoms with E-state index in [0.29, 0.717) is 0 Å². The topological polar surface area (TPSA) is 0 Å². The van der Waals surface area contributed by atoms with Crippen molar-refractivity contribution in [1.29, 1.82) is 0 Å². The molecule has 0 heterocycles. The molecule has 13 heavy (non-hydrogen) atoms. The second-order valence-electron chi connectivity index (χ2n) is 2.41. The first-order valence-electron chi connectivity index (χ1n) is 5.31. The van der Waals surface area contributed by atoms with Gasteiger partial charge in [-0.3, -0.25) is 0 Å². The summed E-state index contributed by atoms with van der Waals surface area (Å²) in [6.07, 6.45) is 9.80. The molecule has 1 aliphatic carbocycles. The van der Waals surface area contributed by atoms with Gasteiger partial charge in [-0.2, -0.15) is 0 Å². The first kappa shape index (κ1) is 14.7. The van der Waals surface area contributed by atoms with Gasteiger partial charge >= 0.3 is 0 Å². The van der Waals surface area contributed by atoms with Crippen molar-refractivity contribution in [3.8, 4) is 0 Å². The van der Waals surface area contributed by atoms with E-state index in [9.17, 15) is 0 Å². The van der Waals surface area contributed by atoms with Crippen molar-refractivity contribution in [3.05, 3.63) is 35.5 Å². The predicted molar refractivity (Wildman–Crippen MR) is 64.0 cm³/mol. The molecule has 0 bridgehead atoms. The molecule has 0 unspecified atom stereocenters. The molecule has 0 aromatic heterocycles. The van der Waals surface area contributed by atoms with Crippen molar-refractivity contribution in [2.75, 3.05) is 0 Å². The summed E-state index contributed by atoms with van der Waals surface area (Å²) in [4.78, 5) is 0. The summed E-state index contributed by atoms with van der Waals surface area (Å²) < 4.78 is 0. The van der Waals surface area contributed by atoms with E-state index in [1.54, 1.807) is 0 Å². The molecule has 0 spiro atoms. The smallest absolute Gasteiger partial charge is 0.0163 e. The van der Waals surface area contributed by atoms with Crippen LogP contribution in [0.5, 0.6) is 0 Å². The first-order valence-corrected chi connectivity index (χ1v) is 5.31. The van der Waals surface area contributed by atoms with E-state index >= 15 is 0 Å². The van der Waals surface area contributed by atoms with Gasteiger partial charge in [-0.25, -0.2) is 0 Å². The Kier molecular flexibility index (Phi) is 12.7. The van der Waals surface area contributed by atoms with E-state index in [2.05, 4.69) is 38.2 Å². The molecule has 1 aliphatic rings. The second-order valence-corrected chi connectivity index (χ2v) is 2.41. The van der Waals surface area contributed by atoms with Crippen LogP contribution in [0.15, 0.2) is 35.5 Å². The van der Waals surface area contributed by atoms with Gasteiger partial charge in [-0.1, -0.05) is 52.0 Å². The van der Waals surface area contributed by atoms with Crippen molar-refractivity contribution >= 4 is 0 Å². The van der Waals surface area contributed by atoms with Crippen LogP contribution in [0.4, 0.5) is 0 Å². The molecule has 1 rings (SSSR count). The summed E-state index contributed by atoms with van der Waals surface area (Å²) in [5.41, 5.74) is 2.76. The molecule has 0 aliphatic heterocycles. The fourth-order valence-corrected chi connectivity index (χ4v) is 0.831. The zero-order valence-electron chi connectivity index (χ0n) is 10.0. The number of hydrogen-bond donors (Lipinski definition) is 0. The molecular formula is C13H24. The first-order chi connectivity index (χ1) is 6.30. The van der Waals surface area contributed by atoms with Crippen molar-refractivity contribution in [2.45, 2.75) is 48.0 Å². The minimum atomic E-state index is 1.08. The van der Waals surface area contributed by atoms with Crippen LogP contribution in [0.1, 0.15) is 48.0 Å². The standard InChI is InChI=1S/C9H12.2C2H6/c1-8-6-4-3-5-7-9(8)2;2*1-2/h4-7H,3H2,1-2H3;2*1-2H3. The molecule has 0 saturated heterocycles. The van der Waals surface area contributed by atoms with Crippen LogP contribution in [0.2, 0.25) is 0 Å². The summed E-state index contributed by atoms with van der Waals surface area (Å²) >= 11 is 0. The third kappa shape index (κ3) is 7.58. The Bertz CT molecular complexity index is 160. The summed E-state index contributed by atoms with van der Waals surface area (Å²) in [6.45, 7) is 12.3. The van der Waals surface area contributed by atoms with Crippen molar-refractivity contribution in [2.24, 2.45) is 0 Å². The molecule has 0 heteroatoms. The highest BCUT2D eigenvalue weighted by atomic mass is 14.0. The maximum absolute atomic E-state index is 2.18. The highest BCUT2D eigenvalue weighted by Gasteiger charge is 1.89. The van der Waals surface area contributed by atoms with E-state index in [4.69, 9.17) is 0 Å². The fourth-order valence-electron chi connectivity index (χ4n) is 0.831. The second kappa shape index (κ2) is 11.2. The lowest BCUT2D eigenvalue weighted by molar-refractivity contribution is 1.39. The highest BCUT2D eigenvalue weighted by Crippen LogP contribution is 2.10. The van der Waals surface area contributed by atoms with Crippen LogP contribution in [0, 0.1) is 0 Å². The van der Waals surface area contributed by atoms with Gasteiger partial charge in [0.25, 0.3) is 0 Å². The Hall–Kier alpha value is -0.780. The fraction of sp³-hybridized carbons (Fsp3) is 0.538. The molecule has 0 amide bonds. The molecule has 0 fully saturated rings. The van der Waals surface area contributed by atoms with Crippen LogP contribution >= 0.6 is 0 Å². The summed E-state index contributed by atoms with van der Waals surface area (Å²) in [5.74, 6) is 0. The van der Waals surface area contributed by atoms with Crippen LogP contribution in [-0.2, 0) is 0 Å². The normalized spacial score (nSPS) is 13.7. The number of allylic oxidation sites excluding steroid dienone is 6. The van der Waals surface area contributed by atoms with E-state index in [1.807, 2.05) is 27.7 Å². The molecule has 0 radical (unpaired) electrons. The van der Waals surface area contributed by atoms with Gasteiger partial charge in [0, 0.05) is 0 Å². The molecule has 0 aromatic rings. The third-order valence-electron chi connectivity index (χ3n) is 1.63. The Morgan fingerprint density at radius 3 is 1.38 bits per heavy atom. The molecule has 0 saturated carbocycles. The predicted octanol–water partition coefficient (Wildman–Crippen LogP) is 4.89. The maximum atomic E-state index is 2.18. The van der Waals surface area contributed by atoms with Crippen LogP contribution in [0.25, 0.3) is 0 Å². The van der Waals surface area contributed by atoms with Gasteiger partial charge in [0.1, 0.15) is 0 Å². The lowest BCUT2D eigenvalue weighted by atomic mass is 10.1. The zero-order valence-corrected chi connectivity index (χ0v) is 10.0. The van der Waals surface area contributed by atoms with Crippen LogP contribution < -0.4 is 0 Å². The minimum Gasteiger partial charge on any atom is -0.0805 e. The van der Waals surface area contributed by atoms with E-state index in [1.165, 1.54) is 11.1 Å². The molecule has 0 nitrogen and oxygen atoms in total. The van der Waals surface area contributed by atoms with Gasteiger partial charge in [0.05, 0.1) is 0 Å².